The Bertz CT molecular complexity index is 1210. The van der Waals surface area contributed by atoms with Crippen molar-refractivity contribution in [2.45, 2.75) is 44.4 Å². The second kappa shape index (κ2) is 7.88. The average Bonchev–Trinajstić information content (AvgIpc) is 3.41. The fraction of sp³-hybridized carbons (Fsp3) is 0.391. The van der Waals surface area contributed by atoms with Crippen LogP contribution >= 0.6 is 11.3 Å². The number of nitrogens with one attached hydrogen (secondary N) is 1. The molecule has 2 aliphatic carbocycles. The maximum Gasteiger partial charge on any atom is 0.433 e. The van der Waals surface area contributed by atoms with Crippen molar-refractivity contribution in [3.05, 3.63) is 52.9 Å². The third-order valence-corrected chi connectivity index (χ3v) is 7.55. The van der Waals surface area contributed by atoms with E-state index in [0.29, 0.717) is 36.4 Å². The second-order valence-electron chi connectivity index (χ2n) is 8.91. The molecule has 0 amide bonds. The maximum atomic E-state index is 13.0. The van der Waals surface area contributed by atoms with Crippen LogP contribution < -0.4 is 5.32 Å². The van der Waals surface area contributed by atoms with E-state index in [4.69, 9.17) is 0 Å². The molecule has 2 atom stereocenters. The zero-order valence-electron chi connectivity index (χ0n) is 17.7. The number of nitrogens with zero attached hydrogens (tertiary/aromatic N) is 3. The van der Waals surface area contributed by atoms with E-state index in [0.717, 1.165) is 28.3 Å². The summed E-state index contributed by atoms with van der Waals surface area (Å²) in [6.07, 6.45) is 0.383. The Labute approximate surface area is 191 Å². The van der Waals surface area contributed by atoms with Crippen molar-refractivity contribution in [1.29, 1.82) is 0 Å². The molecule has 2 aliphatic rings. The van der Waals surface area contributed by atoms with E-state index in [2.05, 4.69) is 20.3 Å². The largest absolute Gasteiger partial charge is 0.433 e. The van der Waals surface area contributed by atoms with Gasteiger partial charge in [-0.15, -0.1) is 11.3 Å². The summed E-state index contributed by atoms with van der Waals surface area (Å²) in [7, 11) is 0. The number of hydrogen-bond donors (Lipinski definition) is 2. The van der Waals surface area contributed by atoms with E-state index >= 15 is 0 Å². The number of thiazole rings is 1. The number of aliphatic hydroxyl groups is 1. The Kier molecular flexibility index (Phi) is 5.24. The molecule has 2 fully saturated rings. The number of halogens is 3. The number of aryl methyl sites for hydroxylation is 1. The van der Waals surface area contributed by atoms with E-state index in [1.165, 1.54) is 11.3 Å². The Hall–Kier alpha value is -2.85. The minimum atomic E-state index is -4.55. The molecule has 3 aromatic rings. The summed E-state index contributed by atoms with van der Waals surface area (Å²) in [4.78, 5) is 24.5. The molecular weight excluding hydrogens is 453 g/mol. The molecule has 0 spiro atoms. The fourth-order valence-corrected chi connectivity index (χ4v) is 5.94. The summed E-state index contributed by atoms with van der Waals surface area (Å²) in [5.41, 5.74) is 0.230. The lowest BCUT2D eigenvalue weighted by molar-refractivity contribution is -0.141. The third-order valence-electron chi connectivity index (χ3n) is 6.31. The van der Waals surface area contributed by atoms with Gasteiger partial charge in [-0.1, -0.05) is 6.07 Å². The predicted octanol–water partition coefficient (Wildman–Crippen LogP) is 5.25. The van der Waals surface area contributed by atoms with Crippen LogP contribution in [-0.4, -0.2) is 25.8 Å². The van der Waals surface area contributed by atoms with E-state index in [1.807, 2.05) is 13.0 Å². The molecular formula is C23H21F3N4O2S. The number of alkyl halides is 3. The summed E-state index contributed by atoms with van der Waals surface area (Å²) in [6, 6.07) is 6.35. The van der Waals surface area contributed by atoms with Crippen LogP contribution in [0.1, 0.15) is 41.9 Å². The standard InChI is InChI=1S/C23H21F3N4O2S/c1-12-4-13(6-16(5-12)29-21-27-3-2-19(30-21)23(24,25)26)18-11-28-20(33-18)22(32)9-14-7-17(31)8-15(14)10-22/h2-6,11,14-15,32H,7-10H2,1H3,(H,27,29,30). The molecule has 2 aromatic heterocycles. The van der Waals surface area contributed by atoms with Gasteiger partial charge in [-0.2, -0.15) is 13.2 Å². The number of aromatic nitrogens is 3. The molecule has 5 rings (SSSR count). The zero-order valence-corrected chi connectivity index (χ0v) is 18.5. The highest BCUT2D eigenvalue weighted by Gasteiger charge is 2.50. The number of rotatable bonds is 4. The van der Waals surface area contributed by atoms with Crippen molar-refractivity contribution < 1.29 is 23.1 Å². The Morgan fingerprint density at radius 3 is 2.58 bits per heavy atom. The van der Waals surface area contributed by atoms with Gasteiger partial charge in [0.2, 0.25) is 5.95 Å². The van der Waals surface area contributed by atoms with Crippen LogP contribution in [0.2, 0.25) is 0 Å². The van der Waals surface area contributed by atoms with Crippen molar-refractivity contribution in [2.75, 3.05) is 5.32 Å². The summed E-state index contributed by atoms with van der Waals surface area (Å²) in [5.74, 6) is 0.568. The van der Waals surface area contributed by atoms with Crippen molar-refractivity contribution in [3.8, 4) is 10.4 Å². The average molecular weight is 475 g/mol. The predicted molar refractivity (Wildman–Crippen MR) is 117 cm³/mol. The van der Waals surface area contributed by atoms with Crippen molar-refractivity contribution >= 4 is 28.8 Å². The zero-order chi connectivity index (χ0) is 23.4. The minimum absolute atomic E-state index is 0.146. The highest BCUT2D eigenvalue weighted by atomic mass is 32.1. The van der Waals surface area contributed by atoms with E-state index in [9.17, 15) is 23.1 Å². The number of anilines is 2. The molecule has 6 nitrogen and oxygen atoms in total. The number of hydrogen-bond acceptors (Lipinski definition) is 7. The Balaban J connectivity index is 1.38. The summed E-state index contributed by atoms with van der Waals surface area (Å²) in [5, 5.41) is 14.7. The molecule has 2 saturated carbocycles. The Morgan fingerprint density at radius 1 is 1.15 bits per heavy atom. The lowest BCUT2D eigenvalue weighted by Gasteiger charge is -2.20. The maximum absolute atomic E-state index is 13.0. The normalized spacial score (nSPS) is 24.8. The van der Waals surface area contributed by atoms with Gasteiger partial charge < -0.3 is 10.4 Å². The molecule has 2 N–H and O–H groups in total. The van der Waals surface area contributed by atoms with Crippen LogP contribution in [0, 0.1) is 18.8 Å². The van der Waals surface area contributed by atoms with E-state index in [1.54, 1.807) is 18.3 Å². The number of carbonyl (C=O) groups excluding carboxylic acids is 1. The van der Waals surface area contributed by atoms with Crippen LogP contribution in [0.5, 0.6) is 0 Å². The summed E-state index contributed by atoms with van der Waals surface area (Å²) >= 11 is 1.40. The van der Waals surface area contributed by atoms with Gasteiger partial charge in [0, 0.05) is 30.9 Å². The van der Waals surface area contributed by atoms with E-state index in [-0.39, 0.29) is 23.6 Å². The molecule has 0 radical (unpaired) electrons. The highest BCUT2D eigenvalue weighted by molar-refractivity contribution is 7.15. The molecule has 33 heavy (non-hydrogen) atoms. The second-order valence-corrected chi connectivity index (χ2v) is 9.94. The van der Waals surface area contributed by atoms with Gasteiger partial charge in [0.25, 0.3) is 0 Å². The first-order chi connectivity index (χ1) is 15.6. The molecule has 2 unspecified atom stereocenters. The first-order valence-electron chi connectivity index (χ1n) is 10.6. The fourth-order valence-electron chi connectivity index (χ4n) is 4.93. The monoisotopic (exact) mass is 474 g/mol. The van der Waals surface area contributed by atoms with Gasteiger partial charge in [0.1, 0.15) is 22.1 Å². The topological polar surface area (TPSA) is 88.0 Å². The van der Waals surface area contributed by atoms with Gasteiger partial charge in [-0.3, -0.25) is 4.79 Å². The molecule has 10 heteroatoms. The van der Waals surface area contributed by atoms with Crippen LogP contribution in [0.4, 0.5) is 24.8 Å². The smallest absolute Gasteiger partial charge is 0.383 e. The Morgan fingerprint density at radius 2 is 1.88 bits per heavy atom. The lowest BCUT2D eigenvalue weighted by Crippen LogP contribution is -2.22. The van der Waals surface area contributed by atoms with Gasteiger partial charge >= 0.3 is 6.18 Å². The number of benzene rings is 1. The highest BCUT2D eigenvalue weighted by Crippen LogP contribution is 2.52. The molecule has 0 aliphatic heterocycles. The molecule has 172 valence electrons. The summed E-state index contributed by atoms with van der Waals surface area (Å²) < 4.78 is 38.9. The van der Waals surface area contributed by atoms with Crippen molar-refractivity contribution in [1.82, 2.24) is 15.0 Å². The van der Waals surface area contributed by atoms with E-state index < -0.39 is 17.5 Å². The van der Waals surface area contributed by atoms with Gasteiger partial charge in [-0.25, -0.2) is 15.0 Å². The summed E-state index contributed by atoms with van der Waals surface area (Å²) in [6.45, 7) is 1.88. The van der Waals surface area contributed by atoms with Crippen LogP contribution in [0.25, 0.3) is 10.4 Å². The van der Waals surface area contributed by atoms with Gasteiger partial charge in [-0.05, 0) is 60.9 Å². The number of carbonyl (C=O) groups is 1. The molecule has 0 bridgehead atoms. The third kappa shape index (κ3) is 4.37. The first kappa shape index (κ1) is 22.0. The number of fused-ring (bicyclic) bond motifs is 1. The SMILES string of the molecule is Cc1cc(Nc2nccc(C(F)(F)F)n2)cc(-c2cnc(C3(O)CC4CC(=O)CC4C3)s2)c1. The minimum Gasteiger partial charge on any atom is -0.383 e. The molecule has 1 aromatic carbocycles. The van der Waals surface area contributed by atoms with Crippen LogP contribution in [0.3, 0.4) is 0 Å². The first-order valence-corrected chi connectivity index (χ1v) is 11.4. The number of Topliss-reactive ketones (excluding diaryl/α,β-unsaturated/α-hetero) is 1. The quantitative estimate of drug-likeness (QED) is 0.537. The van der Waals surface area contributed by atoms with Crippen molar-refractivity contribution in [2.24, 2.45) is 11.8 Å². The number of ketones is 1. The van der Waals surface area contributed by atoms with Crippen molar-refractivity contribution in [3.63, 3.8) is 0 Å². The van der Waals surface area contributed by atoms with Gasteiger partial charge in [0.15, 0.2) is 0 Å². The van der Waals surface area contributed by atoms with Gasteiger partial charge in [0.05, 0.1) is 4.88 Å². The van der Waals surface area contributed by atoms with Crippen LogP contribution in [0.15, 0.2) is 36.7 Å². The van der Waals surface area contributed by atoms with Crippen LogP contribution in [-0.2, 0) is 16.6 Å². The lowest BCUT2D eigenvalue weighted by atomic mass is 9.99. The molecule has 0 saturated heterocycles. The molecule has 2 heterocycles.